The molecule has 1 aliphatic carbocycles. The summed E-state index contributed by atoms with van der Waals surface area (Å²) in [6.45, 7) is 2.59. The fourth-order valence-electron chi connectivity index (χ4n) is 4.47. The van der Waals surface area contributed by atoms with Crippen LogP contribution in [0.3, 0.4) is 0 Å². The Bertz CT molecular complexity index is 792. The average molecular weight is 427 g/mol. The maximum atomic E-state index is 10.5. The zero-order valence-electron chi connectivity index (χ0n) is 19.3. The van der Waals surface area contributed by atoms with Crippen LogP contribution in [-0.2, 0) is 13.1 Å². The molecule has 0 aromatic heterocycles. The van der Waals surface area contributed by atoms with Crippen LogP contribution in [0.1, 0.15) is 43.2 Å². The van der Waals surface area contributed by atoms with Crippen LogP contribution in [0.4, 0.5) is 0 Å². The van der Waals surface area contributed by atoms with E-state index in [-0.39, 0.29) is 0 Å². The Morgan fingerprint density at radius 3 is 2.55 bits per heavy atom. The van der Waals surface area contributed by atoms with E-state index in [4.69, 9.17) is 9.47 Å². The lowest BCUT2D eigenvalue weighted by Gasteiger charge is -2.32. The lowest BCUT2D eigenvalue weighted by molar-refractivity contribution is 0.0561. The number of hydrogen-bond donors (Lipinski definition) is 1. The highest BCUT2D eigenvalue weighted by Crippen LogP contribution is 2.22. The summed E-state index contributed by atoms with van der Waals surface area (Å²) in [6, 6.07) is 16.9. The first-order valence-corrected chi connectivity index (χ1v) is 11.5. The van der Waals surface area contributed by atoms with E-state index in [9.17, 15) is 5.11 Å². The Balaban J connectivity index is 1.47. The molecule has 0 heterocycles. The van der Waals surface area contributed by atoms with Crippen LogP contribution in [-0.4, -0.2) is 61.4 Å². The second kappa shape index (κ2) is 12.1. The van der Waals surface area contributed by atoms with Gasteiger partial charge in [-0.15, -0.1) is 0 Å². The third-order valence-electron chi connectivity index (χ3n) is 6.12. The molecule has 170 valence electrons. The van der Waals surface area contributed by atoms with Crippen molar-refractivity contribution < 1.29 is 14.6 Å². The first kappa shape index (κ1) is 23.6. The number of rotatable bonds is 11. The quantitative estimate of drug-likeness (QED) is 0.579. The van der Waals surface area contributed by atoms with Crippen LogP contribution < -0.4 is 9.47 Å². The zero-order chi connectivity index (χ0) is 22.1. The number of nitrogens with zero attached hydrogens (tertiary/aromatic N) is 2. The van der Waals surface area contributed by atoms with E-state index < -0.39 is 6.10 Å². The van der Waals surface area contributed by atoms with E-state index in [1.807, 2.05) is 30.3 Å². The maximum absolute atomic E-state index is 10.5. The van der Waals surface area contributed by atoms with Crippen molar-refractivity contribution in [3.8, 4) is 11.5 Å². The summed E-state index contributed by atoms with van der Waals surface area (Å²) in [4.78, 5) is 4.56. The molecule has 5 nitrogen and oxygen atoms in total. The van der Waals surface area contributed by atoms with E-state index in [0.717, 1.165) is 24.6 Å². The molecule has 0 radical (unpaired) electrons. The Morgan fingerprint density at radius 1 is 1.00 bits per heavy atom. The largest absolute Gasteiger partial charge is 0.496 e. The predicted molar refractivity (Wildman–Crippen MR) is 126 cm³/mol. The number of aliphatic hydroxyl groups excluding tert-OH is 1. The topological polar surface area (TPSA) is 45.2 Å². The number of methoxy groups -OCH3 is 1. The molecule has 0 aliphatic heterocycles. The van der Waals surface area contributed by atoms with Gasteiger partial charge in [-0.1, -0.05) is 49.6 Å². The van der Waals surface area contributed by atoms with Gasteiger partial charge in [0.15, 0.2) is 0 Å². The molecule has 1 N–H and O–H groups in total. The first-order valence-electron chi connectivity index (χ1n) is 11.5. The van der Waals surface area contributed by atoms with Gasteiger partial charge in [0.2, 0.25) is 0 Å². The van der Waals surface area contributed by atoms with Crippen molar-refractivity contribution in [2.45, 2.75) is 57.3 Å². The van der Waals surface area contributed by atoms with Crippen molar-refractivity contribution in [2.24, 2.45) is 0 Å². The molecular weight excluding hydrogens is 388 g/mol. The van der Waals surface area contributed by atoms with Gasteiger partial charge >= 0.3 is 0 Å². The Hall–Kier alpha value is -2.08. The molecule has 0 saturated heterocycles. The van der Waals surface area contributed by atoms with Crippen molar-refractivity contribution in [3.05, 3.63) is 59.7 Å². The van der Waals surface area contributed by atoms with E-state index in [1.54, 1.807) is 7.11 Å². The molecule has 2 aromatic rings. The van der Waals surface area contributed by atoms with Crippen molar-refractivity contribution in [1.29, 1.82) is 0 Å². The summed E-state index contributed by atoms with van der Waals surface area (Å²) in [6.07, 6.45) is 5.97. The Labute approximate surface area is 187 Å². The van der Waals surface area contributed by atoms with E-state index in [0.29, 0.717) is 19.2 Å². The van der Waals surface area contributed by atoms with Gasteiger partial charge in [0.05, 0.1) is 7.11 Å². The number of para-hydroxylation sites is 1. The summed E-state index contributed by atoms with van der Waals surface area (Å²) in [5, 5.41) is 10.5. The fourth-order valence-corrected chi connectivity index (χ4v) is 4.47. The van der Waals surface area contributed by atoms with E-state index in [1.165, 1.54) is 43.2 Å². The summed E-state index contributed by atoms with van der Waals surface area (Å²) < 4.78 is 11.4. The lowest BCUT2D eigenvalue weighted by atomic mass is 9.94. The third-order valence-corrected chi connectivity index (χ3v) is 6.12. The number of ether oxygens (including phenoxy) is 2. The minimum atomic E-state index is -0.483. The molecule has 3 rings (SSSR count). The van der Waals surface area contributed by atoms with Crippen LogP contribution >= 0.6 is 0 Å². The average Bonchev–Trinajstić information content (AvgIpc) is 2.79. The molecule has 1 saturated carbocycles. The molecule has 31 heavy (non-hydrogen) atoms. The molecular formula is C26H38N2O3. The van der Waals surface area contributed by atoms with Gasteiger partial charge in [-0.25, -0.2) is 0 Å². The van der Waals surface area contributed by atoms with Gasteiger partial charge < -0.3 is 19.5 Å². The Kier molecular flexibility index (Phi) is 9.19. The standard InChI is InChI=1S/C26H38N2O3/c1-27(18-22-11-7-8-15-26(22)30-3)17-21-10-9-14-25(16-21)31-20-24(29)19-28(2)23-12-5-4-6-13-23/h7-11,14-16,23-24,29H,4-6,12-13,17-20H2,1-3H3. The molecule has 1 unspecified atom stereocenters. The highest BCUT2D eigenvalue weighted by molar-refractivity contribution is 5.33. The smallest absolute Gasteiger partial charge is 0.123 e. The minimum absolute atomic E-state index is 0.317. The van der Waals surface area contributed by atoms with Gasteiger partial charge in [-0.3, -0.25) is 4.90 Å². The van der Waals surface area contributed by atoms with Crippen molar-refractivity contribution in [2.75, 3.05) is 34.4 Å². The highest BCUT2D eigenvalue weighted by Gasteiger charge is 2.20. The van der Waals surface area contributed by atoms with E-state index >= 15 is 0 Å². The van der Waals surface area contributed by atoms with Crippen LogP contribution in [0, 0.1) is 0 Å². The van der Waals surface area contributed by atoms with Crippen LogP contribution in [0.15, 0.2) is 48.5 Å². The third kappa shape index (κ3) is 7.53. The zero-order valence-corrected chi connectivity index (χ0v) is 19.3. The normalized spacial score (nSPS) is 15.9. The summed E-state index contributed by atoms with van der Waals surface area (Å²) in [5.41, 5.74) is 2.36. The molecule has 1 aliphatic rings. The second-order valence-corrected chi connectivity index (χ2v) is 8.83. The highest BCUT2D eigenvalue weighted by atomic mass is 16.5. The molecule has 5 heteroatoms. The lowest BCUT2D eigenvalue weighted by Crippen LogP contribution is -2.40. The number of aliphatic hydroxyl groups is 1. The number of benzene rings is 2. The van der Waals surface area contributed by atoms with Crippen LogP contribution in [0.25, 0.3) is 0 Å². The molecule has 0 amide bonds. The van der Waals surface area contributed by atoms with Crippen LogP contribution in [0.5, 0.6) is 11.5 Å². The minimum Gasteiger partial charge on any atom is -0.496 e. The SMILES string of the molecule is COc1ccccc1CN(C)Cc1cccc(OCC(O)CN(C)C2CCCCC2)c1. The summed E-state index contributed by atoms with van der Waals surface area (Å²) in [5.74, 6) is 1.72. The van der Waals surface area contributed by atoms with Crippen LogP contribution in [0.2, 0.25) is 0 Å². The fraction of sp³-hybridized carbons (Fsp3) is 0.538. The Morgan fingerprint density at radius 2 is 1.77 bits per heavy atom. The van der Waals surface area contributed by atoms with Gasteiger partial charge in [0.1, 0.15) is 24.2 Å². The molecule has 1 fully saturated rings. The number of hydrogen-bond acceptors (Lipinski definition) is 5. The van der Waals surface area contributed by atoms with Gasteiger partial charge in [-0.05, 0) is 50.7 Å². The van der Waals surface area contributed by atoms with Gasteiger partial charge in [0, 0.05) is 31.2 Å². The van der Waals surface area contributed by atoms with Crippen molar-refractivity contribution in [3.63, 3.8) is 0 Å². The van der Waals surface area contributed by atoms with E-state index in [2.05, 4.69) is 42.1 Å². The molecule has 2 aromatic carbocycles. The summed E-state index contributed by atoms with van der Waals surface area (Å²) in [7, 11) is 5.93. The van der Waals surface area contributed by atoms with Crippen molar-refractivity contribution >= 4 is 0 Å². The molecule has 1 atom stereocenters. The molecule has 0 spiro atoms. The second-order valence-electron chi connectivity index (χ2n) is 8.83. The predicted octanol–water partition coefficient (Wildman–Crippen LogP) is 4.33. The monoisotopic (exact) mass is 426 g/mol. The van der Waals surface area contributed by atoms with Gasteiger partial charge in [-0.2, -0.15) is 0 Å². The van der Waals surface area contributed by atoms with Gasteiger partial charge in [0.25, 0.3) is 0 Å². The van der Waals surface area contributed by atoms with Crippen molar-refractivity contribution in [1.82, 2.24) is 9.80 Å². The number of likely N-dealkylation sites (N-methyl/N-ethyl adjacent to an activating group) is 1. The maximum Gasteiger partial charge on any atom is 0.123 e. The summed E-state index contributed by atoms with van der Waals surface area (Å²) >= 11 is 0. The molecule has 0 bridgehead atoms. The first-order chi connectivity index (χ1) is 15.0.